The lowest BCUT2D eigenvalue weighted by molar-refractivity contribution is 0.0403. The summed E-state index contributed by atoms with van der Waals surface area (Å²) in [6, 6.07) is 0. The number of hydrogen-bond acceptors (Lipinski definition) is 3. The number of fused-ring (bicyclic) bond motifs is 2. The molecule has 56 valence electrons. The molecule has 2 saturated heterocycles. The maximum atomic E-state index is 5.59. The first-order valence-corrected chi connectivity index (χ1v) is 3.79. The van der Waals surface area contributed by atoms with E-state index in [4.69, 9.17) is 10.6 Å². The van der Waals surface area contributed by atoms with Gasteiger partial charge in [-0.05, 0) is 12.8 Å². The first-order valence-electron chi connectivity index (χ1n) is 3.79. The summed E-state index contributed by atoms with van der Waals surface area (Å²) in [5, 5.41) is 3.72. The van der Waals surface area contributed by atoms with Crippen LogP contribution in [0.4, 0.5) is 0 Å². The summed E-state index contributed by atoms with van der Waals surface area (Å²) in [7, 11) is 0. The Labute approximate surface area is 60.2 Å². The van der Waals surface area contributed by atoms with Crippen LogP contribution in [-0.4, -0.2) is 17.9 Å². The molecule has 0 saturated carbocycles. The van der Waals surface area contributed by atoms with Crippen molar-refractivity contribution in [2.24, 2.45) is 10.9 Å². The minimum Gasteiger partial charge on any atom is -0.374 e. The molecule has 0 radical (unpaired) electrons. The Hall–Kier alpha value is -0.570. The fraction of sp³-hybridized carbons (Fsp3) is 0.857. The second-order valence-electron chi connectivity index (χ2n) is 3.06. The summed E-state index contributed by atoms with van der Waals surface area (Å²) < 4.78 is 5.59. The number of nitrogens with zero attached hydrogens (tertiary/aromatic N) is 1. The number of hydrazone groups is 1. The van der Waals surface area contributed by atoms with E-state index in [1.54, 1.807) is 0 Å². The van der Waals surface area contributed by atoms with Crippen LogP contribution in [-0.2, 0) is 4.74 Å². The Morgan fingerprint density at radius 1 is 1.30 bits per heavy atom. The van der Waals surface area contributed by atoms with Gasteiger partial charge in [0.25, 0.3) is 0 Å². The molecule has 3 nitrogen and oxygen atoms in total. The first-order chi connectivity index (χ1) is 4.88. The van der Waals surface area contributed by atoms with Crippen LogP contribution in [0.5, 0.6) is 0 Å². The molecule has 2 aliphatic heterocycles. The number of ether oxygens (including phenoxy) is 1. The molecule has 0 aliphatic carbocycles. The summed E-state index contributed by atoms with van der Waals surface area (Å²) in [4.78, 5) is 0. The highest BCUT2D eigenvalue weighted by molar-refractivity contribution is 5.85. The molecule has 2 fully saturated rings. The van der Waals surface area contributed by atoms with Gasteiger partial charge < -0.3 is 10.6 Å². The van der Waals surface area contributed by atoms with Gasteiger partial charge in [-0.2, -0.15) is 5.10 Å². The Kier molecular flexibility index (Phi) is 1.38. The van der Waals surface area contributed by atoms with Gasteiger partial charge in [0.1, 0.15) is 0 Å². The summed E-state index contributed by atoms with van der Waals surface area (Å²) >= 11 is 0. The molecule has 0 spiro atoms. The highest BCUT2D eigenvalue weighted by Crippen LogP contribution is 2.30. The van der Waals surface area contributed by atoms with Crippen molar-refractivity contribution in [1.29, 1.82) is 0 Å². The van der Waals surface area contributed by atoms with Crippen molar-refractivity contribution in [3.63, 3.8) is 0 Å². The van der Waals surface area contributed by atoms with Crippen LogP contribution in [0.1, 0.15) is 25.7 Å². The molecule has 0 aromatic rings. The molecule has 2 rings (SSSR count). The fourth-order valence-corrected chi connectivity index (χ4v) is 1.79. The number of hydrogen-bond donors (Lipinski definition) is 1. The van der Waals surface area contributed by atoms with Crippen LogP contribution < -0.4 is 5.84 Å². The zero-order valence-electron chi connectivity index (χ0n) is 5.92. The minimum atomic E-state index is 0.432. The van der Waals surface area contributed by atoms with Gasteiger partial charge in [0.15, 0.2) is 0 Å². The molecular formula is C7H12N2O. The molecule has 10 heavy (non-hydrogen) atoms. The minimum absolute atomic E-state index is 0.432. The second-order valence-corrected chi connectivity index (χ2v) is 3.06. The van der Waals surface area contributed by atoms with Gasteiger partial charge in [-0.1, -0.05) is 0 Å². The Morgan fingerprint density at radius 3 is 2.40 bits per heavy atom. The normalized spacial score (nSPS) is 42.6. The molecule has 0 aromatic carbocycles. The summed E-state index contributed by atoms with van der Waals surface area (Å²) in [6.07, 6.45) is 5.19. The van der Waals surface area contributed by atoms with Crippen molar-refractivity contribution in [3.05, 3.63) is 0 Å². The fourth-order valence-electron chi connectivity index (χ4n) is 1.79. The van der Waals surface area contributed by atoms with Crippen molar-refractivity contribution in [2.75, 3.05) is 0 Å². The maximum Gasteiger partial charge on any atom is 0.0632 e. The van der Waals surface area contributed by atoms with Gasteiger partial charge in [-0.25, -0.2) is 0 Å². The third kappa shape index (κ3) is 0.904. The molecule has 2 N–H and O–H groups in total. The molecule has 2 heterocycles. The quantitative estimate of drug-likeness (QED) is 0.396. The molecule has 0 unspecified atom stereocenters. The highest BCUT2D eigenvalue weighted by atomic mass is 16.5. The topological polar surface area (TPSA) is 47.6 Å². The van der Waals surface area contributed by atoms with Crippen LogP contribution in [0.25, 0.3) is 0 Å². The van der Waals surface area contributed by atoms with E-state index in [1.165, 1.54) is 12.8 Å². The summed E-state index contributed by atoms with van der Waals surface area (Å²) in [6.45, 7) is 0. The van der Waals surface area contributed by atoms with E-state index in [0.717, 1.165) is 18.6 Å². The van der Waals surface area contributed by atoms with Crippen molar-refractivity contribution >= 4 is 5.71 Å². The summed E-state index contributed by atoms with van der Waals surface area (Å²) in [5.41, 5.74) is 1.14. The SMILES string of the molecule is NN=C1C[C@H]2CC[C@@H](C1)O2. The van der Waals surface area contributed by atoms with E-state index in [9.17, 15) is 0 Å². The predicted molar refractivity (Wildman–Crippen MR) is 38.8 cm³/mol. The van der Waals surface area contributed by atoms with E-state index in [0.29, 0.717) is 12.2 Å². The van der Waals surface area contributed by atoms with E-state index in [2.05, 4.69) is 5.10 Å². The molecule has 2 bridgehead atoms. The van der Waals surface area contributed by atoms with Crippen molar-refractivity contribution < 1.29 is 4.74 Å². The third-order valence-electron chi connectivity index (χ3n) is 2.30. The molecular weight excluding hydrogens is 128 g/mol. The van der Waals surface area contributed by atoms with E-state index in [-0.39, 0.29) is 0 Å². The Bertz CT molecular complexity index is 153. The smallest absolute Gasteiger partial charge is 0.0632 e. The van der Waals surface area contributed by atoms with Crippen molar-refractivity contribution in [3.8, 4) is 0 Å². The van der Waals surface area contributed by atoms with Crippen LogP contribution in [0.2, 0.25) is 0 Å². The lowest BCUT2D eigenvalue weighted by atomic mass is 10.1. The molecule has 2 atom stereocenters. The average molecular weight is 140 g/mol. The van der Waals surface area contributed by atoms with Crippen LogP contribution in [0.15, 0.2) is 5.10 Å². The largest absolute Gasteiger partial charge is 0.374 e. The van der Waals surface area contributed by atoms with Crippen molar-refractivity contribution in [1.82, 2.24) is 0 Å². The standard InChI is InChI=1S/C7H12N2O/c8-9-5-3-6-1-2-7(4-5)10-6/h6-7H,1-4,8H2/t6-,7+. The second kappa shape index (κ2) is 2.23. The van der Waals surface area contributed by atoms with Gasteiger partial charge in [0, 0.05) is 18.6 Å². The van der Waals surface area contributed by atoms with Crippen LogP contribution in [0.3, 0.4) is 0 Å². The van der Waals surface area contributed by atoms with Crippen LogP contribution in [0, 0.1) is 0 Å². The number of nitrogens with two attached hydrogens (primary N) is 1. The highest BCUT2D eigenvalue weighted by Gasteiger charge is 2.32. The average Bonchev–Trinajstić information content (AvgIpc) is 2.30. The molecule has 3 heteroatoms. The van der Waals surface area contributed by atoms with E-state index < -0.39 is 0 Å². The molecule has 0 amide bonds. The zero-order valence-corrected chi connectivity index (χ0v) is 5.92. The zero-order chi connectivity index (χ0) is 6.97. The van der Waals surface area contributed by atoms with Crippen molar-refractivity contribution in [2.45, 2.75) is 37.9 Å². The van der Waals surface area contributed by atoms with E-state index >= 15 is 0 Å². The van der Waals surface area contributed by atoms with Gasteiger partial charge in [-0.3, -0.25) is 0 Å². The Morgan fingerprint density at radius 2 is 1.90 bits per heavy atom. The van der Waals surface area contributed by atoms with Gasteiger partial charge in [0.2, 0.25) is 0 Å². The van der Waals surface area contributed by atoms with Gasteiger partial charge in [0.05, 0.1) is 12.2 Å². The van der Waals surface area contributed by atoms with Crippen LogP contribution >= 0.6 is 0 Å². The van der Waals surface area contributed by atoms with Gasteiger partial charge >= 0.3 is 0 Å². The lowest BCUT2D eigenvalue weighted by Crippen LogP contribution is -2.25. The third-order valence-corrected chi connectivity index (χ3v) is 2.30. The van der Waals surface area contributed by atoms with E-state index in [1.807, 2.05) is 0 Å². The lowest BCUT2D eigenvalue weighted by Gasteiger charge is -2.20. The number of rotatable bonds is 0. The molecule has 2 aliphatic rings. The first kappa shape index (κ1) is 6.16. The Balaban J connectivity index is 2.09. The molecule has 0 aromatic heterocycles. The summed E-state index contributed by atoms with van der Waals surface area (Å²) in [5.74, 6) is 5.19. The van der Waals surface area contributed by atoms with Gasteiger partial charge in [-0.15, -0.1) is 0 Å². The monoisotopic (exact) mass is 140 g/mol. The maximum absolute atomic E-state index is 5.59. The predicted octanol–water partition coefficient (Wildman–Crippen LogP) is 0.643.